The molecule has 0 fully saturated rings. The Balaban J connectivity index is 2.04. The fourth-order valence-corrected chi connectivity index (χ4v) is 2.38. The Morgan fingerprint density at radius 3 is 2.55 bits per heavy atom. The topological polar surface area (TPSA) is 49.3 Å². The molecule has 2 aromatic carbocycles. The lowest BCUT2D eigenvalue weighted by molar-refractivity contribution is -0.120. The minimum absolute atomic E-state index is 0.00350. The highest BCUT2D eigenvalue weighted by atomic mass is 79.9. The fourth-order valence-electron chi connectivity index (χ4n) is 1.98. The van der Waals surface area contributed by atoms with E-state index >= 15 is 0 Å². The van der Waals surface area contributed by atoms with E-state index < -0.39 is 5.60 Å². The first kappa shape index (κ1) is 14.8. The van der Waals surface area contributed by atoms with E-state index in [2.05, 4.69) is 21.2 Å². The highest BCUT2D eigenvalue weighted by Crippen LogP contribution is 2.25. The molecule has 0 aromatic heterocycles. The van der Waals surface area contributed by atoms with Gasteiger partial charge in [-0.2, -0.15) is 0 Å². The third kappa shape index (κ3) is 3.92. The average Bonchev–Trinajstić information content (AvgIpc) is 2.39. The molecule has 4 heteroatoms. The van der Waals surface area contributed by atoms with Crippen LogP contribution >= 0.6 is 15.9 Å². The Morgan fingerprint density at radius 2 is 1.90 bits per heavy atom. The molecule has 104 valence electrons. The van der Waals surface area contributed by atoms with Crippen LogP contribution in [0.1, 0.15) is 18.9 Å². The smallest absolute Gasteiger partial charge is 0.227 e. The van der Waals surface area contributed by atoms with Crippen LogP contribution < -0.4 is 5.32 Å². The van der Waals surface area contributed by atoms with Crippen molar-refractivity contribution in [2.75, 3.05) is 5.32 Å². The molecule has 0 aliphatic rings. The summed E-state index contributed by atoms with van der Waals surface area (Å²) < 4.78 is 0.894. The normalized spacial score (nSPS) is 13.6. The van der Waals surface area contributed by atoms with E-state index in [1.807, 2.05) is 48.5 Å². The van der Waals surface area contributed by atoms with E-state index in [-0.39, 0.29) is 12.3 Å². The predicted octanol–water partition coefficient (Wildman–Crippen LogP) is 3.69. The second-order valence-electron chi connectivity index (χ2n) is 4.88. The molecule has 2 rings (SSSR count). The first-order chi connectivity index (χ1) is 9.47. The molecule has 2 N–H and O–H groups in total. The number of hydrogen-bond donors (Lipinski definition) is 2. The van der Waals surface area contributed by atoms with Gasteiger partial charge in [-0.15, -0.1) is 0 Å². The molecule has 0 saturated heterocycles. The van der Waals surface area contributed by atoms with Crippen molar-refractivity contribution in [3.05, 3.63) is 64.6 Å². The molecule has 0 aliphatic carbocycles. The van der Waals surface area contributed by atoms with Gasteiger partial charge in [-0.05, 0) is 30.7 Å². The standard InChI is InChI=1S/C16H16BrNO2/c1-16(20,12-6-3-2-4-7-12)11-15(19)18-14-9-5-8-13(17)10-14/h2-10,20H,11H2,1H3,(H,18,19)/t16-/m0/s1. The van der Waals surface area contributed by atoms with Gasteiger partial charge in [0.05, 0.1) is 12.0 Å². The Hall–Kier alpha value is -1.65. The van der Waals surface area contributed by atoms with Crippen molar-refractivity contribution in [3.8, 4) is 0 Å². The highest BCUT2D eigenvalue weighted by Gasteiger charge is 2.26. The first-order valence-electron chi connectivity index (χ1n) is 6.31. The van der Waals surface area contributed by atoms with Crippen LogP contribution in [-0.2, 0) is 10.4 Å². The fraction of sp³-hybridized carbons (Fsp3) is 0.188. The predicted molar refractivity (Wildman–Crippen MR) is 83.4 cm³/mol. The van der Waals surface area contributed by atoms with Gasteiger partial charge >= 0.3 is 0 Å². The van der Waals surface area contributed by atoms with E-state index in [0.717, 1.165) is 10.0 Å². The number of benzene rings is 2. The van der Waals surface area contributed by atoms with Gasteiger partial charge in [0.2, 0.25) is 5.91 Å². The maximum Gasteiger partial charge on any atom is 0.227 e. The maximum atomic E-state index is 12.0. The molecular weight excluding hydrogens is 318 g/mol. The van der Waals surface area contributed by atoms with Gasteiger partial charge in [0.25, 0.3) is 0 Å². The van der Waals surface area contributed by atoms with E-state index in [0.29, 0.717) is 5.69 Å². The highest BCUT2D eigenvalue weighted by molar-refractivity contribution is 9.10. The summed E-state index contributed by atoms with van der Waals surface area (Å²) in [6.07, 6.45) is 0.00350. The minimum Gasteiger partial charge on any atom is -0.385 e. The molecule has 0 spiro atoms. The van der Waals surface area contributed by atoms with Crippen molar-refractivity contribution in [1.29, 1.82) is 0 Å². The summed E-state index contributed by atoms with van der Waals surface area (Å²) in [5.74, 6) is -0.225. The van der Waals surface area contributed by atoms with Crippen LogP contribution in [0.5, 0.6) is 0 Å². The van der Waals surface area contributed by atoms with Crippen molar-refractivity contribution in [3.63, 3.8) is 0 Å². The number of carbonyl (C=O) groups excluding carboxylic acids is 1. The van der Waals surface area contributed by atoms with Crippen LogP contribution in [0.3, 0.4) is 0 Å². The van der Waals surface area contributed by atoms with E-state index in [4.69, 9.17) is 0 Å². The summed E-state index contributed by atoms with van der Waals surface area (Å²) in [5, 5.41) is 13.2. The zero-order valence-electron chi connectivity index (χ0n) is 11.1. The van der Waals surface area contributed by atoms with Gasteiger partial charge in [-0.3, -0.25) is 4.79 Å². The number of hydrogen-bond acceptors (Lipinski definition) is 2. The zero-order chi connectivity index (χ0) is 14.6. The summed E-state index contributed by atoms with van der Waals surface area (Å²) in [4.78, 5) is 12.0. The summed E-state index contributed by atoms with van der Waals surface area (Å²) in [5.41, 5.74) is 0.245. The molecule has 1 atom stereocenters. The number of aliphatic hydroxyl groups is 1. The SMILES string of the molecule is C[C@](O)(CC(=O)Nc1cccc(Br)c1)c1ccccc1. The molecule has 0 radical (unpaired) electrons. The molecule has 0 bridgehead atoms. The maximum absolute atomic E-state index is 12.0. The lowest BCUT2D eigenvalue weighted by Gasteiger charge is -2.23. The molecule has 0 aliphatic heterocycles. The van der Waals surface area contributed by atoms with E-state index in [1.165, 1.54) is 0 Å². The molecule has 0 saturated carbocycles. The third-order valence-corrected chi connectivity index (χ3v) is 3.50. The molecule has 20 heavy (non-hydrogen) atoms. The number of anilines is 1. The Labute approximate surface area is 126 Å². The van der Waals surface area contributed by atoms with Gasteiger partial charge in [0.1, 0.15) is 0 Å². The van der Waals surface area contributed by atoms with Crippen LogP contribution in [0.25, 0.3) is 0 Å². The van der Waals surface area contributed by atoms with Gasteiger partial charge in [0.15, 0.2) is 0 Å². The molecule has 0 heterocycles. The Bertz CT molecular complexity index is 596. The second kappa shape index (κ2) is 6.20. The van der Waals surface area contributed by atoms with Crippen LogP contribution in [0.4, 0.5) is 5.69 Å². The molecular formula is C16H16BrNO2. The molecule has 0 unspecified atom stereocenters. The minimum atomic E-state index is -1.18. The monoisotopic (exact) mass is 333 g/mol. The number of amides is 1. The summed E-state index contributed by atoms with van der Waals surface area (Å²) >= 11 is 3.35. The average molecular weight is 334 g/mol. The van der Waals surface area contributed by atoms with Gasteiger partial charge in [-0.25, -0.2) is 0 Å². The Morgan fingerprint density at radius 1 is 1.20 bits per heavy atom. The van der Waals surface area contributed by atoms with Gasteiger partial charge in [0, 0.05) is 10.2 Å². The molecule has 1 amide bonds. The van der Waals surface area contributed by atoms with Crippen molar-refractivity contribution in [2.24, 2.45) is 0 Å². The third-order valence-electron chi connectivity index (χ3n) is 3.01. The van der Waals surface area contributed by atoms with Crippen molar-refractivity contribution in [1.82, 2.24) is 0 Å². The van der Waals surface area contributed by atoms with E-state index in [1.54, 1.807) is 13.0 Å². The summed E-state index contributed by atoms with van der Waals surface area (Å²) in [6.45, 7) is 1.64. The van der Waals surface area contributed by atoms with Crippen LogP contribution in [0.15, 0.2) is 59.1 Å². The Kier molecular flexibility index (Phi) is 4.57. The van der Waals surface area contributed by atoms with Crippen molar-refractivity contribution < 1.29 is 9.90 Å². The second-order valence-corrected chi connectivity index (χ2v) is 5.79. The number of nitrogens with one attached hydrogen (secondary N) is 1. The zero-order valence-corrected chi connectivity index (χ0v) is 12.7. The van der Waals surface area contributed by atoms with Crippen LogP contribution in [0.2, 0.25) is 0 Å². The van der Waals surface area contributed by atoms with Crippen molar-refractivity contribution >= 4 is 27.5 Å². The first-order valence-corrected chi connectivity index (χ1v) is 7.10. The lowest BCUT2D eigenvalue weighted by atomic mass is 9.92. The number of carbonyl (C=O) groups is 1. The van der Waals surface area contributed by atoms with E-state index in [9.17, 15) is 9.90 Å². The number of halogens is 1. The summed E-state index contributed by atoms with van der Waals surface area (Å²) in [7, 11) is 0. The van der Waals surface area contributed by atoms with Gasteiger partial charge < -0.3 is 10.4 Å². The van der Waals surface area contributed by atoms with Gasteiger partial charge in [-0.1, -0.05) is 52.3 Å². The quantitative estimate of drug-likeness (QED) is 0.896. The van der Waals surface area contributed by atoms with Crippen LogP contribution in [-0.4, -0.2) is 11.0 Å². The lowest BCUT2D eigenvalue weighted by Crippen LogP contribution is -2.28. The largest absolute Gasteiger partial charge is 0.385 e. The summed E-state index contributed by atoms with van der Waals surface area (Å²) in [6, 6.07) is 16.5. The molecule has 3 nitrogen and oxygen atoms in total. The van der Waals surface area contributed by atoms with Crippen molar-refractivity contribution in [2.45, 2.75) is 18.9 Å². The molecule has 2 aromatic rings. The van der Waals surface area contributed by atoms with Crippen LogP contribution in [0, 0.1) is 0 Å². The number of rotatable bonds is 4.